The fourth-order valence-electron chi connectivity index (χ4n) is 2.93. The average Bonchev–Trinajstić information content (AvgIpc) is 2.80. The Morgan fingerprint density at radius 2 is 2.20 bits per heavy atom. The quantitative estimate of drug-likeness (QED) is 0.884. The van der Waals surface area contributed by atoms with Gasteiger partial charge in [-0.05, 0) is 37.4 Å². The van der Waals surface area contributed by atoms with Gasteiger partial charge in [-0.25, -0.2) is 4.98 Å². The third-order valence-corrected chi connectivity index (χ3v) is 5.15. The van der Waals surface area contributed by atoms with Gasteiger partial charge in [0.05, 0.1) is 5.69 Å². The number of aromatic hydroxyl groups is 1. The Kier molecular flexibility index (Phi) is 3.30. The molecule has 1 heterocycles. The number of thiazole rings is 1. The van der Waals surface area contributed by atoms with Crippen LogP contribution in [0.25, 0.3) is 10.6 Å². The Hall–Kier alpha value is -1.39. The lowest BCUT2D eigenvalue weighted by atomic mass is 9.76. The number of aromatic nitrogens is 1. The summed E-state index contributed by atoms with van der Waals surface area (Å²) in [6, 6.07) is 7.73. The molecular weight excluding hydrogens is 268 g/mol. The molecule has 1 aliphatic rings. The van der Waals surface area contributed by atoms with Crippen molar-refractivity contribution in [1.29, 1.82) is 0 Å². The number of fused-ring (bicyclic) bond motifs is 1. The number of nitrogens with one attached hydrogen (secondary N) is 1. The number of nitrogens with zero attached hydrogens (tertiary/aromatic N) is 1. The molecule has 0 spiro atoms. The van der Waals surface area contributed by atoms with Crippen molar-refractivity contribution in [2.24, 2.45) is 5.41 Å². The molecule has 0 bridgehead atoms. The second-order valence-corrected chi connectivity index (χ2v) is 7.30. The van der Waals surface area contributed by atoms with Crippen LogP contribution in [0.15, 0.2) is 24.3 Å². The lowest BCUT2D eigenvalue weighted by Gasteiger charge is -2.34. The molecule has 4 heteroatoms. The molecule has 1 aliphatic carbocycles. The van der Waals surface area contributed by atoms with E-state index in [9.17, 15) is 5.11 Å². The summed E-state index contributed by atoms with van der Waals surface area (Å²) >= 11 is 1.75. The van der Waals surface area contributed by atoms with Gasteiger partial charge >= 0.3 is 0 Å². The SMILES string of the molecule is CNC1CC(C)(C)Cc2nc(-c3cccc(O)c3)sc21. The molecule has 0 saturated carbocycles. The van der Waals surface area contributed by atoms with Crippen LogP contribution in [-0.4, -0.2) is 17.1 Å². The summed E-state index contributed by atoms with van der Waals surface area (Å²) in [6.45, 7) is 4.60. The minimum Gasteiger partial charge on any atom is -0.508 e. The van der Waals surface area contributed by atoms with Gasteiger partial charge in [-0.1, -0.05) is 26.0 Å². The van der Waals surface area contributed by atoms with Crippen molar-refractivity contribution < 1.29 is 5.11 Å². The number of benzene rings is 1. The number of phenols is 1. The van der Waals surface area contributed by atoms with Crippen LogP contribution in [0.1, 0.15) is 36.9 Å². The smallest absolute Gasteiger partial charge is 0.124 e. The summed E-state index contributed by atoms with van der Waals surface area (Å²) in [4.78, 5) is 6.18. The van der Waals surface area contributed by atoms with E-state index in [1.54, 1.807) is 23.5 Å². The first-order valence-electron chi connectivity index (χ1n) is 6.95. The zero-order valence-corrected chi connectivity index (χ0v) is 12.9. The maximum Gasteiger partial charge on any atom is 0.124 e. The normalized spacial score (nSPS) is 20.6. The topological polar surface area (TPSA) is 45.2 Å². The number of hydrogen-bond donors (Lipinski definition) is 2. The zero-order chi connectivity index (χ0) is 14.3. The van der Waals surface area contributed by atoms with Gasteiger partial charge in [0.1, 0.15) is 10.8 Å². The molecule has 0 saturated heterocycles. The van der Waals surface area contributed by atoms with E-state index in [2.05, 4.69) is 19.2 Å². The van der Waals surface area contributed by atoms with Crippen molar-refractivity contribution in [2.45, 2.75) is 32.7 Å². The van der Waals surface area contributed by atoms with Crippen LogP contribution in [0.2, 0.25) is 0 Å². The first-order chi connectivity index (χ1) is 9.48. The van der Waals surface area contributed by atoms with E-state index in [4.69, 9.17) is 4.98 Å². The van der Waals surface area contributed by atoms with E-state index in [0.717, 1.165) is 23.4 Å². The van der Waals surface area contributed by atoms with Crippen LogP contribution in [0.3, 0.4) is 0 Å². The third-order valence-electron chi connectivity index (χ3n) is 3.89. The van der Waals surface area contributed by atoms with Crippen LogP contribution >= 0.6 is 11.3 Å². The Labute approximate surface area is 123 Å². The Morgan fingerprint density at radius 1 is 1.40 bits per heavy atom. The van der Waals surface area contributed by atoms with Gasteiger partial charge in [0.15, 0.2) is 0 Å². The third kappa shape index (κ3) is 2.45. The number of phenolic OH excluding ortho intramolecular Hbond substituents is 1. The van der Waals surface area contributed by atoms with Crippen molar-refractivity contribution in [3.63, 3.8) is 0 Å². The first-order valence-corrected chi connectivity index (χ1v) is 7.76. The summed E-state index contributed by atoms with van der Waals surface area (Å²) in [6.07, 6.45) is 2.16. The van der Waals surface area contributed by atoms with Gasteiger partial charge in [0, 0.05) is 16.5 Å². The molecule has 0 amide bonds. The highest BCUT2D eigenvalue weighted by Crippen LogP contribution is 2.44. The Balaban J connectivity index is 2.04. The summed E-state index contributed by atoms with van der Waals surface area (Å²) in [5.74, 6) is 0.293. The van der Waals surface area contributed by atoms with Crippen LogP contribution < -0.4 is 5.32 Å². The van der Waals surface area contributed by atoms with Crippen molar-refractivity contribution in [3.8, 4) is 16.3 Å². The van der Waals surface area contributed by atoms with Crippen molar-refractivity contribution in [1.82, 2.24) is 10.3 Å². The van der Waals surface area contributed by atoms with Crippen LogP contribution in [-0.2, 0) is 6.42 Å². The van der Waals surface area contributed by atoms with E-state index in [1.165, 1.54) is 10.6 Å². The Bertz CT molecular complexity index is 633. The summed E-state index contributed by atoms with van der Waals surface area (Å²) < 4.78 is 0. The second-order valence-electron chi connectivity index (χ2n) is 6.27. The molecule has 1 unspecified atom stereocenters. The van der Waals surface area contributed by atoms with Crippen molar-refractivity contribution in [2.75, 3.05) is 7.05 Å². The molecule has 1 aromatic carbocycles. The molecule has 106 valence electrons. The molecule has 0 aliphatic heterocycles. The molecule has 0 radical (unpaired) electrons. The predicted octanol–water partition coefficient (Wildman–Crippen LogP) is 3.75. The molecule has 2 N–H and O–H groups in total. The van der Waals surface area contributed by atoms with Gasteiger partial charge in [0.2, 0.25) is 0 Å². The first kappa shape index (κ1) is 13.6. The van der Waals surface area contributed by atoms with Gasteiger partial charge in [-0.2, -0.15) is 0 Å². The number of rotatable bonds is 2. The molecule has 3 rings (SSSR count). The van der Waals surface area contributed by atoms with Crippen LogP contribution in [0.4, 0.5) is 0 Å². The van der Waals surface area contributed by atoms with E-state index in [1.807, 2.05) is 19.2 Å². The van der Waals surface area contributed by atoms with E-state index < -0.39 is 0 Å². The summed E-state index contributed by atoms with van der Waals surface area (Å²) in [5, 5.41) is 14.0. The van der Waals surface area contributed by atoms with Crippen LogP contribution in [0, 0.1) is 5.41 Å². The van der Waals surface area contributed by atoms with Gasteiger partial charge in [0.25, 0.3) is 0 Å². The fourth-order valence-corrected chi connectivity index (χ4v) is 4.12. The highest BCUT2D eigenvalue weighted by atomic mass is 32.1. The summed E-state index contributed by atoms with van der Waals surface area (Å²) in [5.41, 5.74) is 2.49. The van der Waals surface area contributed by atoms with Gasteiger partial charge < -0.3 is 10.4 Å². The van der Waals surface area contributed by atoms with Crippen LogP contribution in [0.5, 0.6) is 5.75 Å². The van der Waals surface area contributed by atoms with Crippen molar-refractivity contribution >= 4 is 11.3 Å². The molecule has 1 atom stereocenters. The van der Waals surface area contributed by atoms with E-state index in [0.29, 0.717) is 11.8 Å². The van der Waals surface area contributed by atoms with E-state index in [-0.39, 0.29) is 5.41 Å². The minimum absolute atomic E-state index is 0.283. The monoisotopic (exact) mass is 288 g/mol. The maximum atomic E-state index is 9.62. The molecule has 2 aromatic rings. The second kappa shape index (κ2) is 4.86. The zero-order valence-electron chi connectivity index (χ0n) is 12.1. The average molecular weight is 288 g/mol. The lowest BCUT2D eigenvalue weighted by Crippen LogP contribution is -2.30. The predicted molar refractivity (Wildman–Crippen MR) is 83.1 cm³/mol. The highest BCUT2D eigenvalue weighted by molar-refractivity contribution is 7.15. The molecule has 3 nitrogen and oxygen atoms in total. The Morgan fingerprint density at radius 3 is 2.90 bits per heavy atom. The van der Waals surface area contributed by atoms with Gasteiger partial charge in [-0.15, -0.1) is 11.3 Å². The molecule has 1 aromatic heterocycles. The standard InChI is InChI=1S/C16H20N2OS/c1-16(2)8-12(17-3)14-13(9-16)18-15(20-14)10-5-4-6-11(19)7-10/h4-7,12,17,19H,8-9H2,1-3H3. The van der Waals surface area contributed by atoms with Gasteiger partial charge in [-0.3, -0.25) is 0 Å². The summed E-state index contributed by atoms with van der Waals surface area (Å²) in [7, 11) is 2.02. The molecule has 0 fully saturated rings. The van der Waals surface area contributed by atoms with E-state index >= 15 is 0 Å². The number of hydrogen-bond acceptors (Lipinski definition) is 4. The van der Waals surface area contributed by atoms with Crippen molar-refractivity contribution in [3.05, 3.63) is 34.8 Å². The molecule has 20 heavy (non-hydrogen) atoms. The maximum absolute atomic E-state index is 9.62. The lowest BCUT2D eigenvalue weighted by molar-refractivity contribution is 0.265. The minimum atomic E-state index is 0.283. The molecular formula is C16H20N2OS. The highest BCUT2D eigenvalue weighted by Gasteiger charge is 2.34. The largest absolute Gasteiger partial charge is 0.508 e. The fraction of sp³-hybridized carbons (Fsp3) is 0.438.